The number of para-hydroxylation sites is 2. The molecule has 1 aromatic carbocycles. The molecule has 1 rings (SSSR count). The predicted molar refractivity (Wildman–Crippen MR) is 35.5 cm³/mol. The number of hydrogen-bond donors (Lipinski definition) is 2. The molecule has 0 heterocycles. The second-order valence-corrected chi connectivity index (χ2v) is 1.49. The molecule has 1 aromatic rings. The van der Waals surface area contributed by atoms with Gasteiger partial charge in [0.1, 0.15) is 0 Å². The van der Waals surface area contributed by atoms with Crippen molar-refractivity contribution in [2.45, 2.75) is 0 Å². The van der Waals surface area contributed by atoms with Crippen molar-refractivity contribution >= 4 is 51.4 Å². The van der Waals surface area contributed by atoms with Crippen LogP contribution >= 0.6 is 0 Å². The van der Waals surface area contributed by atoms with Crippen LogP contribution in [0.2, 0.25) is 0 Å². The van der Waals surface area contributed by atoms with Crippen LogP contribution in [-0.2, 0) is 0 Å². The Morgan fingerprint density at radius 3 is 1.44 bits per heavy atom. The summed E-state index contributed by atoms with van der Waals surface area (Å²) in [4.78, 5) is 0. The molecular weight excluding hydrogens is 143 g/mol. The molecule has 0 fully saturated rings. The molecule has 2 N–H and O–H groups in total. The Balaban J connectivity index is 0.000000640. The van der Waals surface area contributed by atoms with Crippen LogP contribution in [0.4, 0.5) is 0 Å². The van der Waals surface area contributed by atoms with Crippen LogP contribution in [-0.4, -0.2) is 61.6 Å². The summed E-state index contributed by atoms with van der Waals surface area (Å²) in [6, 6.07) is 6.15. The summed E-state index contributed by atoms with van der Waals surface area (Å²) in [5, 5.41) is 17.3. The average molecular weight is 149 g/mol. The predicted octanol–water partition coefficient (Wildman–Crippen LogP) is 0.717. The summed E-state index contributed by atoms with van der Waals surface area (Å²) < 4.78 is 0. The van der Waals surface area contributed by atoms with Crippen molar-refractivity contribution in [1.82, 2.24) is 0 Å². The van der Waals surface area contributed by atoms with Gasteiger partial charge in [0, 0.05) is 51.4 Å². The second-order valence-electron chi connectivity index (χ2n) is 1.49. The van der Waals surface area contributed by atoms with Gasteiger partial charge in [-0.05, 0) is 12.1 Å². The van der Waals surface area contributed by atoms with E-state index in [1.165, 1.54) is 12.1 Å². The maximum absolute atomic E-state index is 8.67. The molecule has 0 aliphatic heterocycles. The minimum absolute atomic E-state index is 0. The Kier molecular flexibility index (Phi) is 4.52. The van der Waals surface area contributed by atoms with Gasteiger partial charge in [0.15, 0.2) is 11.5 Å². The monoisotopic (exact) mass is 149 g/mol. The van der Waals surface area contributed by atoms with E-state index in [1.54, 1.807) is 12.1 Å². The van der Waals surface area contributed by atoms with Gasteiger partial charge in [0.2, 0.25) is 0 Å². The van der Waals surface area contributed by atoms with Gasteiger partial charge in [-0.1, -0.05) is 12.1 Å². The summed E-state index contributed by atoms with van der Waals surface area (Å²) >= 11 is 0. The third-order valence-corrected chi connectivity index (χ3v) is 0.882. The molecule has 0 aliphatic carbocycles. The smallest absolute Gasteiger partial charge is 0.157 e. The van der Waals surface area contributed by atoms with Crippen LogP contribution in [0.25, 0.3) is 0 Å². The van der Waals surface area contributed by atoms with Crippen molar-refractivity contribution in [3.05, 3.63) is 24.3 Å². The molecule has 1 radical (unpaired) electrons. The summed E-state index contributed by atoms with van der Waals surface area (Å²) in [7, 11) is 0. The first kappa shape index (κ1) is 9.46. The van der Waals surface area contributed by atoms with E-state index >= 15 is 0 Å². The fourth-order valence-corrected chi connectivity index (χ4v) is 0.464. The van der Waals surface area contributed by atoms with Crippen molar-refractivity contribution in [3.8, 4) is 11.5 Å². The molecule has 0 amide bonds. The molecule has 0 atom stereocenters. The van der Waals surface area contributed by atoms with Crippen molar-refractivity contribution in [2.75, 3.05) is 0 Å². The first-order chi connectivity index (χ1) is 3.80. The van der Waals surface area contributed by atoms with E-state index < -0.39 is 0 Å². The fraction of sp³-hybridized carbons (Fsp3) is 0. The number of aromatic hydroxyl groups is 2. The van der Waals surface area contributed by atoms with Gasteiger partial charge in [-0.25, -0.2) is 0 Å². The Morgan fingerprint density at radius 1 is 0.889 bits per heavy atom. The topological polar surface area (TPSA) is 40.5 Å². The summed E-state index contributed by atoms with van der Waals surface area (Å²) in [5.41, 5.74) is 0. The molecule has 0 unspecified atom stereocenters. The molecular formula is C6H6KO2. The van der Waals surface area contributed by atoms with Gasteiger partial charge in [-0.15, -0.1) is 0 Å². The Labute approximate surface area is 95.9 Å². The quantitative estimate of drug-likeness (QED) is 0.421. The summed E-state index contributed by atoms with van der Waals surface area (Å²) in [6.45, 7) is 0. The first-order valence-corrected chi connectivity index (χ1v) is 2.27. The van der Waals surface area contributed by atoms with E-state index in [2.05, 4.69) is 0 Å². The van der Waals surface area contributed by atoms with Crippen LogP contribution in [0.1, 0.15) is 0 Å². The van der Waals surface area contributed by atoms with E-state index in [-0.39, 0.29) is 62.9 Å². The van der Waals surface area contributed by atoms with Crippen LogP contribution in [0, 0.1) is 0 Å². The van der Waals surface area contributed by atoms with Gasteiger partial charge in [0.25, 0.3) is 0 Å². The van der Waals surface area contributed by atoms with Gasteiger partial charge < -0.3 is 10.2 Å². The summed E-state index contributed by atoms with van der Waals surface area (Å²) in [5.74, 6) is -0.153. The number of phenols is 2. The number of phenolic OH excluding ortho intramolecular Hbond substituents is 2. The zero-order chi connectivity index (χ0) is 5.98. The van der Waals surface area contributed by atoms with E-state index in [0.717, 1.165) is 0 Å². The van der Waals surface area contributed by atoms with E-state index in [4.69, 9.17) is 10.2 Å². The Hall–Kier alpha value is 0.456. The van der Waals surface area contributed by atoms with Gasteiger partial charge >= 0.3 is 0 Å². The molecule has 0 saturated heterocycles. The minimum Gasteiger partial charge on any atom is -0.504 e. The zero-order valence-corrected chi connectivity index (χ0v) is 8.33. The molecule has 0 bridgehead atoms. The van der Waals surface area contributed by atoms with Gasteiger partial charge in [-0.3, -0.25) is 0 Å². The van der Waals surface area contributed by atoms with Crippen LogP contribution in [0.15, 0.2) is 24.3 Å². The third kappa shape index (κ3) is 2.69. The molecule has 0 aromatic heterocycles. The standard InChI is InChI=1S/C6H6O2.K/c7-5-3-1-2-4-6(5)8;/h1-4,7-8H;. The maximum Gasteiger partial charge on any atom is 0.157 e. The SMILES string of the molecule is Oc1ccccc1O.[K]. The summed E-state index contributed by atoms with van der Waals surface area (Å²) in [6.07, 6.45) is 0. The second kappa shape index (κ2) is 4.30. The van der Waals surface area contributed by atoms with E-state index in [1.807, 2.05) is 0 Å². The number of rotatable bonds is 0. The van der Waals surface area contributed by atoms with Crippen molar-refractivity contribution < 1.29 is 10.2 Å². The minimum atomic E-state index is -0.0764. The first-order valence-electron chi connectivity index (χ1n) is 2.27. The van der Waals surface area contributed by atoms with Crippen LogP contribution < -0.4 is 0 Å². The molecule has 43 valence electrons. The van der Waals surface area contributed by atoms with Crippen LogP contribution in [0.5, 0.6) is 11.5 Å². The van der Waals surface area contributed by atoms with Crippen molar-refractivity contribution in [1.29, 1.82) is 0 Å². The van der Waals surface area contributed by atoms with Gasteiger partial charge in [0.05, 0.1) is 0 Å². The molecule has 0 spiro atoms. The molecule has 0 saturated carbocycles. The molecule has 9 heavy (non-hydrogen) atoms. The van der Waals surface area contributed by atoms with E-state index in [0.29, 0.717) is 0 Å². The van der Waals surface area contributed by atoms with Gasteiger partial charge in [-0.2, -0.15) is 0 Å². The van der Waals surface area contributed by atoms with E-state index in [9.17, 15) is 0 Å². The third-order valence-electron chi connectivity index (χ3n) is 0.882. The molecule has 3 heteroatoms. The number of benzene rings is 1. The van der Waals surface area contributed by atoms with Crippen molar-refractivity contribution in [3.63, 3.8) is 0 Å². The average Bonchev–Trinajstić information content (AvgIpc) is 1.77. The zero-order valence-electron chi connectivity index (χ0n) is 5.20. The van der Waals surface area contributed by atoms with Crippen LogP contribution in [0.3, 0.4) is 0 Å². The maximum atomic E-state index is 8.67. The molecule has 0 aliphatic rings. The van der Waals surface area contributed by atoms with Crippen molar-refractivity contribution in [2.24, 2.45) is 0 Å². The largest absolute Gasteiger partial charge is 0.504 e. The number of hydrogen-bond acceptors (Lipinski definition) is 2. The molecule has 2 nitrogen and oxygen atoms in total. The normalized spacial score (nSPS) is 8.00. The Morgan fingerprint density at radius 2 is 1.22 bits per heavy atom. The fourth-order valence-electron chi connectivity index (χ4n) is 0.464. The Bertz CT molecular complexity index is 167.